The summed E-state index contributed by atoms with van der Waals surface area (Å²) >= 11 is 3.15. The molecule has 0 saturated carbocycles. The summed E-state index contributed by atoms with van der Waals surface area (Å²) in [6.45, 7) is 2.12. The number of hydrogen-bond donors (Lipinski definition) is 0. The predicted octanol–water partition coefficient (Wildman–Crippen LogP) is 2.80. The molecule has 4 heteroatoms. The zero-order valence-corrected chi connectivity index (χ0v) is 8.60. The Hall–Kier alpha value is -0.900. The molecular weight excluding hydrogens is 239 g/mol. The van der Waals surface area contributed by atoms with Gasteiger partial charge in [0.15, 0.2) is 17.9 Å². The van der Waals surface area contributed by atoms with E-state index in [1.165, 1.54) is 12.1 Å². The molecule has 1 aromatic rings. The van der Waals surface area contributed by atoms with E-state index < -0.39 is 5.82 Å². The molecule has 0 aromatic heterocycles. The summed E-state index contributed by atoms with van der Waals surface area (Å²) in [4.78, 5) is 10.4. The SMILES string of the molecule is CCOc1cc(Br)cc(C=O)c1F. The number of carbonyl (C=O) groups excluding carboxylic acids is 1. The molecule has 70 valence electrons. The van der Waals surface area contributed by atoms with Gasteiger partial charge < -0.3 is 4.74 Å². The zero-order valence-electron chi connectivity index (χ0n) is 7.01. The molecule has 0 atom stereocenters. The van der Waals surface area contributed by atoms with Gasteiger partial charge in [0.1, 0.15) is 0 Å². The third-order valence-electron chi connectivity index (χ3n) is 1.46. The van der Waals surface area contributed by atoms with Gasteiger partial charge in [-0.25, -0.2) is 4.39 Å². The first-order chi connectivity index (χ1) is 6.19. The van der Waals surface area contributed by atoms with Crippen LogP contribution in [0.15, 0.2) is 16.6 Å². The standard InChI is InChI=1S/C9H8BrFO2/c1-2-13-8-4-7(10)3-6(5-12)9(8)11/h3-5H,2H2,1H3. The van der Waals surface area contributed by atoms with Crippen LogP contribution in [0.3, 0.4) is 0 Å². The lowest BCUT2D eigenvalue weighted by Gasteiger charge is -2.06. The smallest absolute Gasteiger partial charge is 0.175 e. The molecule has 0 amide bonds. The Morgan fingerprint density at radius 3 is 2.85 bits per heavy atom. The van der Waals surface area contributed by atoms with Crippen molar-refractivity contribution in [1.29, 1.82) is 0 Å². The van der Waals surface area contributed by atoms with Crippen LogP contribution in [0, 0.1) is 5.82 Å². The summed E-state index contributed by atoms with van der Waals surface area (Å²) in [5.41, 5.74) is -0.00201. The number of halogens is 2. The first kappa shape index (κ1) is 10.2. The summed E-state index contributed by atoms with van der Waals surface area (Å²) in [5, 5.41) is 0. The first-order valence-electron chi connectivity index (χ1n) is 3.76. The van der Waals surface area contributed by atoms with Crippen LogP contribution in [0.4, 0.5) is 4.39 Å². The van der Waals surface area contributed by atoms with Crippen LogP contribution in [0.2, 0.25) is 0 Å². The quantitative estimate of drug-likeness (QED) is 0.767. The molecule has 0 radical (unpaired) electrons. The number of carbonyl (C=O) groups is 1. The van der Waals surface area contributed by atoms with Gasteiger partial charge in [-0.05, 0) is 19.1 Å². The number of aldehydes is 1. The molecule has 0 unspecified atom stereocenters. The van der Waals surface area contributed by atoms with Crippen LogP contribution in [0.1, 0.15) is 17.3 Å². The average Bonchev–Trinajstić information content (AvgIpc) is 2.11. The lowest BCUT2D eigenvalue weighted by atomic mass is 10.2. The largest absolute Gasteiger partial charge is 0.491 e. The van der Waals surface area contributed by atoms with Gasteiger partial charge in [0.2, 0.25) is 0 Å². The lowest BCUT2D eigenvalue weighted by molar-refractivity contribution is 0.111. The van der Waals surface area contributed by atoms with E-state index in [2.05, 4.69) is 15.9 Å². The molecule has 0 fully saturated rings. The summed E-state index contributed by atoms with van der Waals surface area (Å²) in [6, 6.07) is 2.90. The second kappa shape index (κ2) is 4.37. The summed E-state index contributed by atoms with van der Waals surface area (Å²) in [6.07, 6.45) is 0.461. The normalized spacial score (nSPS) is 9.77. The highest BCUT2D eigenvalue weighted by Crippen LogP contribution is 2.25. The minimum Gasteiger partial charge on any atom is -0.491 e. The summed E-state index contributed by atoms with van der Waals surface area (Å²) in [5.74, 6) is -0.515. The summed E-state index contributed by atoms with van der Waals surface area (Å²) in [7, 11) is 0. The van der Waals surface area contributed by atoms with Crippen molar-refractivity contribution < 1.29 is 13.9 Å². The zero-order chi connectivity index (χ0) is 9.84. The maximum atomic E-state index is 13.3. The summed E-state index contributed by atoms with van der Waals surface area (Å²) < 4.78 is 18.9. The molecule has 2 nitrogen and oxygen atoms in total. The van der Waals surface area contributed by atoms with E-state index in [1.54, 1.807) is 6.92 Å². The number of hydrogen-bond acceptors (Lipinski definition) is 2. The van der Waals surface area contributed by atoms with Crippen LogP contribution in [-0.4, -0.2) is 12.9 Å². The van der Waals surface area contributed by atoms with Crippen LogP contribution in [0.5, 0.6) is 5.75 Å². The third-order valence-corrected chi connectivity index (χ3v) is 1.92. The van der Waals surface area contributed by atoms with Gasteiger partial charge in [-0.15, -0.1) is 0 Å². The Morgan fingerprint density at radius 2 is 2.31 bits per heavy atom. The van der Waals surface area contributed by atoms with E-state index in [0.29, 0.717) is 17.4 Å². The van der Waals surface area contributed by atoms with Crippen molar-refractivity contribution in [3.8, 4) is 5.75 Å². The van der Waals surface area contributed by atoms with Crippen molar-refractivity contribution in [2.24, 2.45) is 0 Å². The predicted molar refractivity (Wildman–Crippen MR) is 50.7 cm³/mol. The van der Waals surface area contributed by atoms with Crippen molar-refractivity contribution in [2.75, 3.05) is 6.61 Å². The molecule has 0 aliphatic carbocycles. The molecule has 0 bridgehead atoms. The lowest BCUT2D eigenvalue weighted by Crippen LogP contribution is -1.97. The second-order valence-corrected chi connectivity index (χ2v) is 3.27. The van der Waals surface area contributed by atoms with E-state index >= 15 is 0 Å². The van der Waals surface area contributed by atoms with E-state index in [4.69, 9.17) is 4.74 Å². The maximum absolute atomic E-state index is 13.3. The highest BCUT2D eigenvalue weighted by atomic mass is 79.9. The highest BCUT2D eigenvalue weighted by molar-refractivity contribution is 9.10. The second-order valence-electron chi connectivity index (χ2n) is 2.36. The van der Waals surface area contributed by atoms with Crippen LogP contribution < -0.4 is 4.74 Å². The Morgan fingerprint density at radius 1 is 1.62 bits per heavy atom. The number of benzene rings is 1. The van der Waals surface area contributed by atoms with Crippen LogP contribution in [0.25, 0.3) is 0 Å². The molecular formula is C9H8BrFO2. The third kappa shape index (κ3) is 2.28. The Bertz CT molecular complexity index is 326. The molecule has 0 aliphatic rings. The molecule has 0 spiro atoms. The topological polar surface area (TPSA) is 26.3 Å². The molecule has 0 heterocycles. The van der Waals surface area contributed by atoms with Gasteiger partial charge >= 0.3 is 0 Å². The monoisotopic (exact) mass is 246 g/mol. The van der Waals surface area contributed by atoms with Gasteiger partial charge in [-0.2, -0.15) is 0 Å². The van der Waals surface area contributed by atoms with Gasteiger partial charge in [-0.3, -0.25) is 4.79 Å². The fraction of sp³-hybridized carbons (Fsp3) is 0.222. The van der Waals surface area contributed by atoms with Gasteiger partial charge in [0, 0.05) is 4.47 Å². The Balaban J connectivity index is 3.18. The molecule has 1 rings (SSSR count). The van der Waals surface area contributed by atoms with E-state index in [9.17, 15) is 9.18 Å². The Kier molecular flexibility index (Phi) is 3.42. The van der Waals surface area contributed by atoms with Crippen molar-refractivity contribution in [2.45, 2.75) is 6.92 Å². The van der Waals surface area contributed by atoms with Gasteiger partial charge in [0.05, 0.1) is 12.2 Å². The Labute approximate surface area is 83.8 Å². The van der Waals surface area contributed by atoms with Crippen molar-refractivity contribution in [3.05, 3.63) is 28.0 Å². The van der Waals surface area contributed by atoms with E-state index in [0.717, 1.165) is 0 Å². The highest BCUT2D eigenvalue weighted by Gasteiger charge is 2.09. The molecule has 1 aromatic carbocycles. The van der Waals surface area contributed by atoms with E-state index in [1.807, 2.05) is 0 Å². The van der Waals surface area contributed by atoms with Crippen LogP contribution in [-0.2, 0) is 0 Å². The minimum absolute atomic E-state index is 0.00201. The van der Waals surface area contributed by atoms with Gasteiger partial charge in [0.25, 0.3) is 0 Å². The molecule has 0 saturated heterocycles. The van der Waals surface area contributed by atoms with Crippen LogP contribution >= 0.6 is 15.9 Å². The van der Waals surface area contributed by atoms with Gasteiger partial charge in [-0.1, -0.05) is 15.9 Å². The van der Waals surface area contributed by atoms with Crippen molar-refractivity contribution >= 4 is 22.2 Å². The number of rotatable bonds is 3. The minimum atomic E-state index is -0.611. The first-order valence-corrected chi connectivity index (χ1v) is 4.55. The van der Waals surface area contributed by atoms with E-state index in [-0.39, 0.29) is 11.3 Å². The molecule has 0 N–H and O–H groups in total. The number of ether oxygens (including phenoxy) is 1. The fourth-order valence-electron chi connectivity index (χ4n) is 0.931. The van der Waals surface area contributed by atoms with Crippen molar-refractivity contribution in [1.82, 2.24) is 0 Å². The maximum Gasteiger partial charge on any atom is 0.175 e. The molecule has 13 heavy (non-hydrogen) atoms. The fourth-order valence-corrected chi connectivity index (χ4v) is 1.39. The average molecular weight is 247 g/mol. The van der Waals surface area contributed by atoms with Crippen molar-refractivity contribution in [3.63, 3.8) is 0 Å². The molecule has 0 aliphatic heterocycles.